The number of hydrogen-bond donors (Lipinski definition) is 7. The Bertz CT molecular complexity index is 660. The van der Waals surface area contributed by atoms with Crippen LogP contribution < -0.4 is 5.73 Å². The molecule has 2 aromatic rings. The SMILES string of the molecule is Nc1nc(=S)c2[nH]cnc2[nH]1.O=CC[C@@H](O)[C@H](O)[C@H](O)CO. The number of aromatic nitrogens is 4. The molecule has 0 radical (unpaired) electrons. The highest BCUT2D eigenvalue weighted by molar-refractivity contribution is 7.71. The molecule has 8 N–H and O–H groups in total. The summed E-state index contributed by atoms with van der Waals surface area (Å²) < 4.78 is 0.439. The van der Waals surface area contributed by atoms with E-state index in [0.29, 0.717) is 22.1 Å². The van der Waals surface area contributed by atoms with Crippen LogP contribution in [-0.2, 0) is 4.79 Å². The zero-order valence-electron chi connectivity index (χ0n) is 11.4. The van der Waals surface area contributed by atoms with Crippen molar-refractivity contribution < 1.29 is 25.2 Å². The zero-order chi connectivity index (χ0) is 16.7. The Morgan fingerprint density at radius 3 is 2.64 bits per heavy atom. The number of carbonyl (C=O) groups is 1. The summed E-state index contributed by atoms with van der Waals surface area (Å²) in [6, 6.07) is 0. The maximum atomic E-state index is 9.82. The van der Waals surface area contributed by atoms with Crippen LogP contribution in [0.2, 0.25) is 0 Å². The van der Waals surface area contributed by atoms with E-state index in [2.05, 4.69) is 19.9 Å². The molecule has 0 saturated carbocycles. The van der Waals surface area contributed by atoms with Crippen LogP contribution in [0.3, 0.4) is 0 Å². The second kappa shape index (κ2) is 8.51. The summed E-state index contributed by atoms with van der Waals surface area (Å²) in [5.41, 5.74) is 6.75. The third-order valence-electron chi connectivity index (χ3n) is 2.63. The number of rotatable bonds is 5. The summed E-state index contributed by atoms with van der Waals surface area (Å²) >= 11 is 4.91. The predicted molar refractivity (Wildman–Crippen MR) is 79.3 cm³/mol. The van der Waals surface area contributed by atoms with Crippen molar-refractivity contribution in [1.29, 1.82) is 0 Å². The molecule has 0 unspecified atom stereocenters. The fourth-order valence-corrected chi connectivity index (χ4v) is 1.72. The van der Waals surface area contributed by atoms with E-state index in [9.17, 15) is 4.79 Å². The number of aldehydes is 1. The molecule has 10 nitrogen and oxygen atoms in total. The number of nitrogen functional groups attached to an aromatic ring is 1. The molecule has 0 spiro atoms. The average molecular weight is 331 g/mol. The molecule has 3 atom stereocenters. The summed E-state index contributed by atoms with van der Waals surface area (Å²) in [5.74, 6) is 0.287. The summed E-state index contributed by atoms with van der Waals surface area (Å²) in [7, 11) is 0. The number of anilines is 1. The summed E-state index contributed by atoms with van der Waals surface area (Å²) in [5, 5.41) is 34.8. The van der Waals surface area contributed by atoms with Crippen LogP contribution in [0.1, 0.15) is 6.42 Å². The molecule has 2 rings (SSSR count). The van der Waals surface area contributed by atoms with Crippen molar-refractivity contribution in [2.75, 3.05) is 12.3 Å². The number of aliphatic hydroxyl groups excluding tert-OH is 4. The van der Waals surface area contributed by atoms with Gasteiger partial charge in [-0.05, 0) is 0 Å². The van der Waals surface area contributed by atoms with Crippen molar-refractivity contribution in [2.24, 2.45) is 0 Å². The highest BCUT2D eigenvalue weighted by Gasteiger charge is 2.23. The Balaban J connectivity index is 0.000000220. The smallest absolute Gasteiger partial charge is 0.200 e. The van der Waals surface area contributed by atoms with E-state index in [4.69, 9.17) is 38.4 Å². The lowest BCUT2D eigenvalue weighted by atomic mass is 10.1. The van der Waals surface area contributed by atoms with Crippen LogP contribution in [-0.4, -0.2) is 71.6 Å². The molecular weight excluding hydrogens is 314 g/mol. The molecule has 0 amide bonds. The van der Waals surface area contributed by atoms with Gasteiger partial charge in [0.2, 0.25) is 5.95 Å². The van der Waals surface area contributed by atoms with Gasteiger partial charge in [0, 0.05) is 6.42 Å². The minimum Gasteiger partial charge on any atom is -0.394 e. The van der Waals surface area contributed by atoms with Gasteiger partial charge in [0.25, 0.3) is 0 Å². The van der Waals surface area contributed by atoms with Gasteiger partial charge >= 0.3 is 0 Å². The van der Waals surface area contributed by atoms with Gasteiger partial charge < -0.3 is 40.9 Å². The molecule has 0 aromatic carbocycles. The van der Waals surface area contributed by atoms with E-state index in [1.165, 1.54) is 6.33 Å². The highest BCUT2D eigenvalue weighted by Crippen LogP contribution is 2.06. The fraction of sp³-hybridized carbons (Fsp3) is 0.455. The largest absolute Gasteiger partial charge is 0.394 e. The van der Waals surface area contributed by atoms with Gasteiger partial charge in [-0.25, -0.2) is 9.97 Å². The van der Waals surface area contributed by atoms with Crippen LogP contribution in [0.15, 0.2) is 6.33 Å². The van der Waals surface area contributed by atoms with Crippen LogP contribution in [0, 0.1) is 4.64 Å². The summed E-state index contributed by atoms with van der Waals surface area (Å²) in [6.07, 6.45) is -2.46. The van der Waals surface area contributed by atoms with Gasteiger partial charge in [-0.1, -0.05) is 12.2 Å². The number of nitrogens with two attached hydrogens (primary N) is 1. The fourth-order valence-electron chi connectivity index (χ4n) is 1.47. The monoisotopic (exact) mass is 331 g/mol. The van der Waals surface area contributed by atoms with Crippen molar-refractivity contribution in [1.82, 2.24) is 19.9 Å². The first-order valence-corrected chi connectivity index (χ1v) is 6.59. The first-order chi connectivity index (χ1) is 10.4. The lowest BCUT2D eigenvalue weighted by Gasteiger charge is -2.19. The Kier molecular flexibility index (Phi) is 7.01. The number of aromatic amines is 2. The average Bonchev–Trinajstić information content (AvgIpc) is 2.95. The standard InChI is InChI=1S/C6H12O5.C5H5N5S/c7-2-1-4(9)6(11)5(10)3-8;6-5-9-3-2(4(11)10-5)7-1-8-3/h2,4-6,8-11H,1,3H2;1H,(H4,6,7,8,9,10,11)/t4-,5-,6+;/m1./s1. The van der Waals surface area contributed by atoms with Crippen LogP contribution >= 0.6 is 12.2 Å². The van der Waals surface area contributed by atoms with Crippen LogP contribution in [0.4, 0.5) is 5.95 Å². The minimum absolute atomic E-state index is 0.252. The van der Waals surface area contributed by atoms with Crippen LogP contribution in [0.5, 0.6) is 0 Å². The van der Waals surface area contributed by atoms with E-state index >= 15 is 0 Å². The van der Waals surface area contributed by atoms with Gasteiger partial charge in [0.15, 0.2) is 10.3 Å². The predicted octanol–water partition coefficient (Wildman–Crippen LogP) is -1.75. The molecule has 0 fully saturated rings. The third-order valence-corrected chi connectivity index (χ3v) is 2.93. The summed E-state index contributed by atoms with van der Waals surface area (Å²) in [4.78, 5) is 23.2. The number of hydrogen-bond acceptors (Lipinski definition) is 9. The minimum atomic E-state index is -1.47. The molecule has 22 heavy (non-hydrogen) atoms. The molecule has 2 aromatic heterocycles. The van der Waals surface area contributed by atoms with Gasteiger partial charge in [0.05, 0.1) is 19.0 Å². The number of fused-ring (bicyclic) bond motifs is 1. The van der Waals surface area contributed by atoms with Crippen molar-refractivity contribution in [3.63, 3.8) is 0 Å². The van der Waals surface area contributed by atoms with Gasteiger partial charge in [0.1, 0.15) is 24.0 Å². The number of imidazole rings is 1. The molecule has 122 valence electrons. The molecular formula is C11H17N5O5S. The van der Waals surface area contributed by atoms with E-state index in [0.717, 1.165) is 0 Å². The van der Waals surface area contributed by atoms with Crippen molar-refractivity contribution >= 4 is 35.6 Å². The molecule has 0 aliphatic rings. The lowest BCUT2D eigenvalue weighted by molar-refractivity contribution is -0.115. The van der Waals surface area contributed by atoms with E-state index in [1.807, 2.05) is 0 Å². The molecule has 0 aliphatic carbocycles. The number of nitrogens with zero attached hydrogens (tertiary/aromatic N) is 2. The quantitative estimate of drug-likeness (QED) is 0.247. The molecule has 0 bridgehead atoms. The number of nitrogens with one attached hydrogen (secondary N) is 2. The maximum Gasteiger partial charge on any atom is 0.200 e. The number of H-pyrrole nitrogens is 2. The Labute approximate surface area is 129 Å². The Hall–Kier alpha value is -1.92. The van der Waals surface area contributed by atoms with E-state index < -0.39 is 24.9 Å². The molecule has 2 heterocycles. The Morgan fingerprint density at radius 1 is 1.36 bits per heavy atom. The first kappa shape index (κ1) is 18.1. The number of aliphatic hydroxyl groups is 4. The second-order valence-corrected chi connectivity index (χ2v) is 4.65. The highest BCUT2D eigenvalue weighted by atomic mass is 32.1. The van der Waals surface area contributed by atoms with Crippen LogP contribution in [0.25, 0.3) is 11.2 Å². The van der Waals surface area contributed by atoms with E-state index in [1.54, 1.807) is 0 Å². The van der Waals surface area contributed by atoms with Gasteiger partial charge in [-0.3, -0.25) is 0 Å². The summed E-state index contributed by atoms with van der Waals surface area (Å²) in [6.45, 7) is -0.642. The van der Waals surface area contributed by atoms with Crippen molar-refractivity contribution in [3.8, 4) is 0 Å². The first-order valence-electron chi connectivity index (χ1n) is 6.18. The zero-order valence-corrected chi connectivity index (χ0v) is 12.2. The topological polar surface area (TPSA) is 181 Å². The van der Waals surface area contributed by atoms with Crippen molar-refractivity contribution in [3.05, 3.63) is 11.0 Å². The molecule has 11 heteroatoms. The Morgan fingerprint density at radius 2 is 2.05 bits per heavy atom. The van der Waals surface area contributed by atoms with E-state index in [-0.39, 0.29) is 12.4 Å². The van der Waals surface area contributed by atoms with Gasteiger partial charge in [-0.15, -0.1) is 0 Å². The molecule has 0 saturated heterocycles. The normalized spacial score (nSPS) is 14.7. The second-order valence-electron chi connectivity index (χ2n) is 4.26. The van der Waals surface area contributed by atoms with Gasteiger partial charge in [-0.2, -0.15) is 0 Å². The number of carbonyl (C=O) groups excluding carboxylic acids is 1. The maximum absolute atomic E-state index is 9.82. The van der Waals surface area contributed by atoms with Crippen molar-refractivity contribution in [2.45, 2.75) is 24.7 Å². The molecule has 0 aliphatic heterocycles. The third kappa shape index (κ3) is 4.82. The lowest BCUT2D eigenvalue weighted by Crippen LogP contribution is -2.39.